The molecule has 0 fully saturated rings. The quantitative estimate of drug-likeness (QED) is 0.704. The van der Waals surface area contributed by atoms with Crippen LogP contribution in [0, 0.1) is 0 Å². The largest absolute Gasteiger partial charge is 0.485 e. The number of hydrogen-bond acceptors (Lipinski definition) is 3. The number of para-hydroxylation sites is 1. The molecule has 2 aromatic rings. The van der Waals surface area contributed by atoms with Crippen LogP contribution in [-0.4, -0.2) is 6.10 Å². The van der Waals surface area contributed by atoms with Gasteiger partial charge in [0.15, 0.2) is 0 Å². The van der Waals surface area contributed by atoms with Gasteiger partial charge in [-0.25, -0.2) is 4.79 Å². The third-order valence-corrected chi connectivity index (χ3v) is 2.95. The molecule has 0 spiro atoms. The van der Waals surface area contributed by atoms with Gasteiger partial charge in [-0.1, -0.05) is 19.1 Å². The summed E-state index contributed by atoms with van der Waals surface area (Å²) in [6, 6.07) is 7.43. The van der Waals surface area contributed by atoms with Gasteiger partial charge in [-0.05, 0) is 30.7 Å². The second-order valence-electron chi connectivity index (χ2n) is 4.05. The molecule has 0 aliphatic carbocycles. The number of benzene rings is 1. The Hall–Kier alpha value is -2.03. The molecule has 0 radical (unpaired) electrons. The predicted molar refractivity (Wildman–Crippen MR) is 66.2 cm³/mol. The van der Waals surface area contributed by atoms with E-state index >= 15 is 0 Å². The van der Waals surface area contributed by atoms with E-state index in [0.29, 0.717) is 16.9 Å². The first-order valence-corrected chi connectivity index (χ1v) is 5.70. The molecule has 1 aromatic carbocycles. The minimum absolute atomic E-state index is 0.0349. The SMILES string of the molecule is CCC1C=Cc2c(c3ccccc3oc2=O)O1. The molecule has 1 aliphatic heterocycles. The third-order valence-electron chi connectivity index (χ3n) is 2.95. The van der Waals surface area contributed by atoms with Crippen molar-refractivity contribution in [2.24, 2.45) is 0 Å². The smallest absolute Gasteiger partial charge is 0.347 e. The molecule has 1 aliphatic rings. The highest BCUT2D eigenvalue weighted by atomic mass is 16.5. The molecule has 1 aromatic heterocycles. The van der Waals surface area contributed by atoms with E-state index in [1.807, 2.05) is 31.2 Å². The monoisotopic (exact) mass is 228 g/mol. The standard InChI is InChI=1S/C14H12O3/c1-2-9-7-8-11-13(16-9)10-5-3-4-6-12(10)17-14(11)15/h3-9H,2H2,1H3. The summed E-state index contributed by atoms with van der Waals surface area (Å²) in [6.07, 6.45) is 4.61. The molecule has 86 valence electrons. The summed E-state index contributed by atoms with van der Waals surface area (Å²) >= 11 is 0. The zero-order valence-corrected chi connectivity index (χ0v) is 9.47. The van der Waals surface area contributed by atoms with Gasteiger partial charge in [0, 0.05) is 0 Å². The van der Waals surface area contributed by atoms with E-state index in [0.717, 1.165) is 11.8 Å². The van der Waals surface area contributed by atoms with Crippen LogP contribution in [-0.2, 0) is 0 Å². The first-order valence-electron chi connectivity index (χ1n) is 5.70. The lowest BCUT2D eigenvalue weighted by atomic mass is 10.1. The maximum Gasteiger partial charge on any atom is 0.347 e. The van der Waals surface area contributed by atoms with Crippen LogP contribution in [0.4, 0.5) is 0 Å². The number of ether oxygens (including phenoxy) is 1. The lowest BCUT2D eigenvalue weighted by Crippen LogP contribution is -2.19. The molecule has 3 nitrogen and oxygen atoms in total. The molecule has 0 bridgehead atoms. The van der Waals surface area contributed by atoms with Gasteiger partial charge >= 0.3 is 5.63 Å². The third kappa shape index (κ3) is 1.55. The van der Waals surface area contributed by atoms with Crippen molar-refractivity contribution in [1.29, 1.82) is 0 Å². The summed E-state index contributed by atoms with van der Waals surface area (Å²) < 4.78 is 11.1. The minimum Gasteiger partial charge on any atom is -0.485 e. The average molecular weight is 228 g/mol. The summed E-state index contributed by atoms with van der Waals surface area (Å²) in [4.78, 5) is 11.8. The van der Waals surface area contributed by atoms with Crippen LogP contribution in [0.2, 0.25) is 0 Å². The second kappa shape index (κ2) is 3.77. The fourth-order valence-electron chi connectivity index (χ4n) is 2.02. The fourth-order valence-corrected chi connectivity index (χ4v) is 2.02. The van der Waals surface area contributed by atoms with Gasteiger partial charge in [-0.3, -0.25) is 0 Å². The molecule has 1 unspecified atom stereocenters. The van der Waals surface area contributed by atoms with Crippen molar-refractivity contribution >= 4 is 17.0 Å². The van der Waals surface area contributed by atoms with Crippen molar-refractivity contribution in [1.82, 2.24) is 0 Å². The Morgan fingerprint density at radius 3 is 2.94 bits per heavy atom. The van der Waals surface area contributed by atoms with Gasteiger partial charge in [-0.15, -0.1) is 0 Å². The van der Waals surface area contributed by atoms with Gasteiger partial charge in [0.25, 0.3) is 0 Å². The minimum atomic E-state index is -0.343. The Kier molecular flexibility index (Phi) is 2.25. The topological polar surface area (TPSA) is 39.4 Å². The summed E-state index contributed by atoms with van der Waals surface area (Å²) in [7, 11) is 0. The Morgan fingerprint density at radius 2 is 2.12 bits per heavy atom. The van der Waals surface area contributed by atoms with E-state index in [2.05, 4.69) is 0 Å². The zero-order chi connectivity index (χ0) is 11.8. The van der Waals surface area contributed by atoms with Crippen LogP contribution in [0.1, 0.15) is 18.9 Å². The fraction of sp³-hybridized carbons (Fsp3) is 0.214. The van der Waals surface area contributed by atoms with Crippen LogP contribution >= 0.6 is 0 Å². The Balaban J connectivity index is 2.33. The van der Waals surface area contributed by atoms with Crippen LogP contribution in [0.3, 0.4) is 0 Å². The molecule has 3 rings (SSSR count). The first kappa shape index (κ1) is 10.1. The maximum absolute atomic E-state index is 11.8. The molecule has 0 N–H and O–H groups in total. The van der Waals surface area contributed by atoms with Crippen molar-refractivity contribution in [2.45, 2.75) is 19.4 Å². The Labute approximate surface area is 98.3 Å². The first-order chi connectivity index (χ1) is 8.29. The summed E-state index contributed by atoms with van der Waals surface area (Å²) in [5.74, 6) is 0.645. The highest BCUT2D eigenvalue weighted by Crippen LogP contribution is 2.32. The van der Waals surface area contributed by atoms with Crippen molar-refractivity contribution in [3.8, 4) is 5.75 Å². The molecule has 3 heteroatoms. The van der Waals surface area contributed by atoms with Crippen LogP contribution in [0.25, 0.3) is 17.0 Å². The molecular weight excluding hydrogens is 216 g/mol. The molecule has 17 heavy (non-hydrogen) atoms. The van der Waals surface area contributed by atoms with E-state index in [1.165, 1.54) is 0 Å². The maximum atomic E-state index is 11.8. The van der Waals surface area contributed by atoms with Gasteiger partial charge in [-0.2, -0.15) is 0 Å². The molecule has 1 atom stereocenters. The number of hydrogen-bond donors (Lipinski definition) is 0. The molecule has 0 saturated carbocycles. The molecule has 0 amide bonds. The lowest BCUT2D eigenvalue weighted by Gasteiger charge is -2.20. The van der Waals surface area contributed by atoms with E-state index in [1.54, 1.807) is 12.1 Å². The average Bonchev–Trinajstić information content (AvgIpc) is 2.38. The summed E-state index contributed by atoms with van der Waals surface area (Å²) in [5, 5.41) is 0.852. The number of rotatable bonds is 1. The van der Waals surface area contributed by atoms with Crippen LogP contribution in [0.5, 0.6) is 5.75 Å². The van der Waals surface area contributed by atoms with Gasteiger partial charge < -0.3 is 9.15 Å². The zero-order valence-electron chi connectivity index (χ0n) is 9.47. The Morgan fingerprint density at radius 1 is 1.29 bits per heavy atom. The molecular formula is C14H12O3. The van der Waals surface area contributed by atoms with E-state index in [9.17, 15) is 4.79 Å². The molecule has 0 saturated heterocycles. The van der Waals surface area contributed by atoms with E-state index in [-0.39, 0.29) is 11.7 Å². The lowest BCUT2D eigenvalue weighted by molar-refractivity contribution is 0.242. The van der Waals surface area contributed by atoms with E-state index < -0.39 is 0 Å². The van der Waals surface area contributed by atoms with Gasteiger partial charge in [0.1, 0.15) is 23.0 Å². The number of fused-ring (bicyclic) bond motifs is 3. The Bertz CT molecular complexity index is 652. The van der Waals surface area contributed by atoms with E-state index in [4.69, 9.17) is 9.15 Å². The van der Waals surface area contributed by atoms with Crippen molar-refractivity contribution in [2.75, 3.05) is 0 Å². The van der Waals surface area contributed by atoms with Crippen molar-refractivity contribution in [3.05, 3.63) is 46.3 Å². The normalized spacial score (nSPS) is 17.8. The van der Waals surface area contributed by atoms with Gasteiger partial charge in [0.2, 0.25) is 0 Å². The molecule has 2 heterocycles. The van der Waals surface area contributed by atoms with Crippen LogP contribution < -0.4 is 10.4 Å². The highest BCUT2D eigenvalue weighted by molar-refractivity contribution is 5.87. The van der Waals surface area contributed by atoms with Crippen LogP contribution in [0.15, 0.2) is 39.6 Å². The second-order valence-corrected chi connectivity index (χ2v) is 4.05. The summed E-state index contributed by atoms with van der Waals surface area (Å²) in [5.41, 5.74) is 0.735. The predicted octanol–water partition coefficient (Wildman–Crippen LogP) is 2.98. The highest BCUT2D eigenvalue weighted by Gasteiger charge is 2.20. The van der Waals surface area contributed by atoms with Crippen molar-refractivity contribution in [3.63, 3.8) is 0 Å². The summed E-state index contributed by atoms with van der Waals surface area (Å²) in [6.45, 7) is 2.05. The van der Waals surface area contributed by atoms with Gasteiger partial charge in [0.05, 0.1) is 5.39 Å². The van der Waals surface area contributed by atoms with Crippen molar-refractivity contribution < 1.29 is 9.15 Å².